The maximum absolute atomic E-state index is 13.5. The molecule has 8 heteroatoms. The number of nitrogens with one attached hydrogen (secondary N) is 2. The summed E-state index contributed by atoms with van der Waals surface area (Å²) in [5.74, 6) is -1.12. The fraction of sp³-hybridized carbons (Fsp3) is 0.200. The summed E-state index contributed by atoms with van der Waals surface area (Å²) in [6.07, 6.45) is 2.71. The SMILES string of the molecule is CCN(CCc1ccc(NC(=O)c2cc(C)c(C)cc2NC(=O)c2cc(=O)c3ccccc3o2)cc1)Cc1ccc(C)c2ncccc12. The van der Waals surface area contributed by atoms with Crippen LogP contribution in [0.5, 0.6) is 0 Å². The van der Waals surface area contributed by atoms with E-state index in [1.807, 2.05) is 50.4 Å². The Morgan fingerprint density at radius 3 is 2.33 bits per heavy atom. The van der Waals surface area contributed by atoms with E-state index >= 15 is 0 Å². The minimum atomic E-state index is -0.618. The number of benzene rings is 4. The van der Waals surface area contributed by atoms with Crippen LogP contribution in [0.2, 0.25) is 0 Å². The van der Waals surface area contributed by atoms with Gasteiger partial charge in [-0.15, -0.1) is 0 Å². The molecule has 0 saturated heterocycles. The first-order valence-electron chi connectivity index (χ1n) is 16.1. The lowest BCUT2D eigenvalue weighted by atomic mass is 10.0. The number of anilines is 2. The molecule has 0 fully saturated rings. The summed E-state index contributed by atoms with van der Waals surface area (Å²) in [5, 5.41) is 7.34. The van der Waals surface area contributed by atoms with Gasteiger partial charge in [0, 0.05) is 36.4 Å². The topological polar surface area (TPSA) is 105 Å². The van der Waals surface area contributed by atoms with E-state index < -0.39 is 5.91 Å². The molecule has 8 nitrogen and oxygen atoms in total. The minimum Gasteiger partial charge on any atom is -0.451 e. The van der Waals surface area contributed by atoms with Gasteiger partial charge in [0.1, 0.15) is 5.58 Å². The summed E-state index contributed by atoms with van der Waals surface area (Å²) in [6, 6.07) is 27.7. The van der Waals surface area contributed by atoms with Crippen LogP contribution in [0, 0.1) is 20.8 Å². The number of para-hydroxylation sites is 1. The quantitative estimate of drug-likeness (QED) is 0.158. The van der Waals surface area contributed by atoms with Crippen molar-refractivity contribution in [1.82, 2.24) is 9.88 Å². The second-order valence-corrected chi connectivity index (χ2v) is 12.1. The van der Waals surface area contributed by atoms with E-state index in [4.69, 9.17) is 4.42 Å². The molecule has 2 N–H and O–H groups in total. The number of fused-ring (bicyclic) bond motifs is 2. The molecule has 0 bridgehead atoms. The third-order valence-corrected chi connectivity index (χ3v) is 8.82. The molecule has 6 rings (SSSR count). The Balaban J connectivity index is 1.12. The fourth-order valence-electron chi connectivity index (χ4n) is 5.85. The predicted octanol–water partition coefficient (Wildman–Crippen LogP) is 7.84. The molecule has 0 atom stereocenters. The number of nitrogens with zero attached hydrogens (tertiary/aromatic N) is 2. The average Bonchev–Trinajstić information content (AvgIpc) is 3.09. The average molecular weight is 639 g/mol. The van der Waals surface area contributed by atoms with Crippen LogP contribution in [0.3, 0.4) is 0 Å². The van der Waals surface area contributed by atoms with Crippen molar-refractivity contribution in [2.24, 2.45) is 0 Å². The van der Waals surface area contributed by atoms with Gasteiger partial charge in [-0.25, -0.2) is 0 Å². The van der Waals surface area contributed by atoms with Gasteiger partial charge in [-0.2, -0.15) is 0 Å². The molecule has 2 aromatic heterocycles. The molecule has 0 aliphatic heterocycles. The molecule has 0 unspecified atom stereocenters. The molecular formula is C40H38N4O4. The number of hydrogen-bond donors (Lipinski definition) is 2. The number of aromatic nitrogens is 1. The number of aryl methyl sites for hydroxylation is 3. The number of hydrogen-bond acceptors (Lipinski definition) is 6. The number of rotatable bonds is 10. The Bertz CT molecular complexity index is 2210. The van der Waals surface area contributed by atoms with Gasteiger partial charge in [0.2, 0.25) is 0 Å². The van der Waals surface area contributed by atoms with E-state index in [2.05, 4.69) is 52.6 Å². The lowest BCUT2D eigenvalue weighted by Crippen LogP contribution is -2.25. The van der Waals surface area contributed by atoms with Gasteiger partial charge in [-0.3, -0.25) is 24.3 Å². The first-order chi connectivity index (χ1) is 23.2. The van der Waals surface area contributed by atoms with Crippen molar-refractivity contribution in [2.45, 2.75) is 40.7 Å². The molecule has 48 heavy (non-hydrogen) atoms. The molecule has 0 spiro atoms. The molecule has 242 valence electrons. The van der Waals surface area contributed by atoms with E-state index in [9.17, 15) is 14.4 Å². The number of pyridine rings is 1. The van der Waals surface area contributed by atoms with E-state index in [1.54, 1.807) is 36.4 Å². The highest BCUT2D eigenvalue weighted by Crippen LogP contribution is 2.25. The smallest absolute Gasteiger partial charge is 0.291 e. The number of carbonyl (C=O) groups excluding carboxylic acids is 2. The van der Waals surface area contributed by atoms with Crippen molar-refractivity contribution in [1.29, 1.82) is 0 Å². The Labute approximate surface area is 279 Å². The van der Waals surface area contributed by atoms with Crippen molar-refractivity contribution < 1.29 is 14.0 Å². The second kappa shape index (κ2) is 14.0. The van der Waals surface area contributed by atoms with Crippen molar-refractivity contribution in [3.05, 3.63) is 147 Å². The zero-order valence-electron chi connectivity index (χ0n) is 27.6. The van der Waals surface area contributed by atoms with Gasteiger partial charge in [0.05, 0.1) is 22.2 Å². The van der Waals surface area contributed by atoms with Crippen LogP contribution in [-0.2, 0) is 13.0 Å². The zero-order valence-corrected chi connectivity index (χ0v) is 27.6. The lowest BCUT2D eigenvalue weighted by Gasteiger charge is -2.22. The Morgan fingerprint density at radius 2 is 1.54 bits per heavy atom. The van der Waals surface area contributed by atoms with Crippen LogP contribution in [0.15, 0.2) is 106 Å². The van der Waals surface area contributed by atoms with Crippen LogP contribution in [0.25, 0.3) is 21.9 Å². The van der Waals surface area contributed by atoms with Crippen LogP contribution in [0.4, 0.5) is 11.4 Å². The van der Waals surface area contributed by atoms with Crippen molar-refractivity contribution in [3.63, 3.8) is 0 Å². The highest BCUT2D eigenvalue weighted by atomic mass is 16.3. The molecule has 2 heterocycles. The largest absolute Gasteiger partial charge is 0.451 e. The Hall–Kier alpha value is -5.60. The van der Waals surface area contributed by atoms with Gasteiger partial charge in [-0.1, -0.05) is 49.4 Å². The summed E-state index contributed by atoms with van der Waals surface area (Å²) in [6.45, 7) is 10.7. The highest BCUT2D eigenvalue weighted by molar-refractivity contribution is 6.12. The number of carbonyl (C=O) groups is 2. The van der Waals surface area contributed by atoms with Gasteiger partial charge in [-0.05, 0) is 104 Å². The molecular weight excluding hydrogens is 600 g/mol. The highest BCUT2D eigenvalue weighted by Gasteiger charge is 2.19. The molecule has 6 aromatic rings. The Kier molecular flexibility index (Phi) is 9.45. The molecule has 0 aliphatic rings. The third kappa shape index (κ3) is 7.04. The van der Waals surface area contributed by atoms with Crippen LogP contribution in [0.1, 0.15) is 55.7 Å². The fourth-order valence-corrected chi connectivity index (χ4v) is 5.85. The van der Waals surface area contributed by atoms with Gasteiger partial charge in [0.25, 0.3) is 11.8 Å². The van der Waals surface area contributed by atoms with Gasteiger partial charge in [0.15, 0.2) is 11.2 Å². The number of amides is 2. The molecule has 0 aliphatic carbocycles. The maximum atomic E-state index is 13.5. The molecule has 0 saturated carbocycles. The maximum Gasteiger partial charge on any atom is 0.291 e. The zero-order chi connectivity index (χ0) is 33.8. The summed E-state index contributed by atoms with van der Waals surface area (Å²) >= 11 is 0. The van der Waals surface area contributed by atoms with Crippen LogP contribution in [-0.4, -0.2) is 34.8 Å². The minimum absolute atomic E-state index is 0.135. The monoisotopic (exact) mass is 638 g/mol. The molecule has 0 radical (unpaired) electrons. The van der Waals surface area contributed by atoms with Crippen LogP contribution >= 0.6 is 0 Å². The van der Waals surface area contributed by atoms with E-state index in [0.29, 0.717) is 27.9 Å². The van der Waals surface area contributed by atoms with Crippen molar-refractivity contribution >= 4 is 45.1 Å². The summed E-state index contributed by atoms with van der Waals surface area (Å²) in [4.78, 5) is 46.3. The van der Waals surface area contributed by atoms with E-state index in [1.165, 1.54) is 22.6 Å². The molecule has 4 aromatic carbocycles. The predicted molar refractivity (Wildman–Crippen MR) is 192 cm³/mol. The van der Waals surface area contributed by atoms with Crippen molar-refractivity contribution in [3.8, 4) is 0 Å². The summed E-state index contributed by atoms with van der Waals surface area (Å²) in [7, 11) is 0. The van der Waals surface area contributed by atoms with Crippen molar-refractivity contribution in [2.75, 3.05) is 23.7 Å². The summed E-state index contributed by atoms with van der Waals surface area (Å²) in [5.41, 5.74) is 7.74. The van der Waals surface area contributed by atoms with Gasteiger partial charge >= 0.3 is 0 Å². The third-order valence-electron chi connectivity index (χ3n) is 8.82. The van der Waals surface area contributed by atoms with Crippen LogP contribution < -0.4 is 16.1 Å². The summed E-state index contributed by atoms with van der Waals surface area (Å²) < 4.78 is 5.71. The van der Waals surface area contributed by atoms with E-state index in [0.717, 1.165) is 48.3 Å². The standard InChI is InChI=1S/C40H38N4O4/c1-5-44(24-29-15-12-25(2)38-31(29)10-8-19-41-38)20-18-28-13-16-30(17-14-28)42-39(46)33-21-26(3)27(4)22-34(33)43-40(47)37-23-35(45)32-9-6-7-11-36(32)48-37/h6-17,19,21-23H,5,18,20,24H2,1-4H3,(H,42,46)(H,43,47). The Morgan fingerprint density at radius 1 is 0.792 bits per heavy atom. The molecule has 2 amide bonds. The second-order valence-electron chi connectivity index (χ2n) is 12.1. The first kappa shape index (κ1) is 32.3. The number of likely N-dealkylation sites (N-methyl/N-ethyl adjacent to an activating group) is 1. The lowest BCUT2D eigenvalue weighted by molar-refractivity contribution is 0.0997. The normalized spacial score (nSPS) is 11.3. The van der Waals surface area contributed by atoms with E-state index in [-0.39, 0.29) is 17.1 Å². The first-order valence-corrected chi connectivity index (χ1v) is 16.1. The van der Waals surface area contributed by atoms with Gasteiger partial charge < -0.3 is 15.1 Å².